The third-order valence-electron chi connectivity index (χ3n) is 15.7. The van der Waals surface area contributed by atoms with Crippen LogP contribution in [-0.2, 0) is 12.7 Å². The van der Waals surface area contributed by atoms with E-state index < -0.39 is 45.5 Å². The first-order chi connectivity index (χ1) is 28.1. The number of benzene rings is 4. The predicted molar refractivity (Wildman–Crippen MR) is 221 cm³/mol. The molecule has 3 fully saturated rings. The van der Waals surface area contributed by atoms with Gasteiger partial charge in [0.1, 0.15) is 5.75 Å². The highest BCUT2D eigenvalue weighted by atomic mass is 19.4. The van der Waals surface area contributed by atoms with Crippen molar-refractivity contribution >= 4 is 28.3 Å². The number of nitrogens with one attached hydrogen (secondary N) is 1. The van der Waals surface area contributed by atoms with Gasteiger partial charge < -0.3 is 25.2 Å². The van der Waals surface area contributed by atoms with E-state index in [4.69, 9.17) is 4.74 Å². The quantitative estimate of drug-likeness (QED) is 0.122. The zero-order chi connectivity index (χ0) is 41.6. The molecule has 10 rings (SSSR count). The first-order valence-corrected chi connectivity index (χ1v) is 20.8. The molecule has 6 aliphatic carbocycles. The number of methoxy groups -OCH3 is 1. The number of rotatable bonds is 8. The van der Waals surface area contributed by atoms with Crippen LogP contribution in [0.3, 0.4) is 0 Å². The molecule has 59 heavy (non-hydrogen) atoms. The van der Waals surface area contributed by atoms with Crippen LogP contribution < -0.4 is 10.1 Å². The molecule has 308 valence electrons. The summed E-state index contributed by atoms with van der Waals surface area (Å²) in [7, 11) is 1.58. The van der Waals surface area contributed by atoms with Gasteiger partial charge in [0.05, 0.1) is 30.9 Å². The topological polar surface area (TPSA) is 99.1 Å². The van der Waals surface area contributed by atoms with Gasteiger partial charge in [-0.05, 0) is 115 Å². The molecular weight excluding hydrogens is 754 g/mol. The Labute approximate surface area is 343 Å². The molecule has 2 bridgehead atoms. The molecule has 4 aromatic rings. The fourth-order valence-corrected chi connectivity index (χ4v) is 12.6. The Morgan fingerprint density at radius 2 is 1.56 bits per heavy atom. The lowest BCUT2D eigenvalue weighted by Gasteiger charge is -2.71. The number of carbonyl (C=O) groups is 2. The smallest absolute Gasteiger partial charge is 0.416 e. The number of hydrogen-bond acceptors (Lipinski definition) is 5. The number of carbonyl (C=O) groups excluding carboxylic acids is 2. The van der Waals surface area contributed by atoms with Gasteiger partial charge in [0.15, 0.2) is 5.78 Å². The number of halogens is 3. The highest BCUT2D eigenvalue weighted by Crippen LogP contribution is 2.78. The van der Waals surface area contributed by atoms with E-state index in [-0.39, 0.29) is 41.9 Å². The molecule has 7 nitrogen and oxygen atoms in total. The van der Waals surface area contributed by atoms with Crippen LogP contribution in [0.4, 0.5) is 23.7 Å². The lowest BCUT2D eigenvalue weighted by Crippen LogP contribution is -2.67. The van der Waals surface area contributed by atoms with Crippen molar-refractivity contribution in [3.05, 3.63) is 131 Å². The minimum absolute atomic E-state index is 0.0175. The minimum atomic E-state index is -4.62. The number of nitrogens with zero attached hydrogens (tertiary/aromatic N) is 1. The van der Waals surface area contributed by atoms with E-state index >= 15 is 0 Å². The zero-order valence-electron chi connectivity index (χ0n) is 33.7. The Hall–Kier alpha value is -4.93. The highest BCUT2D eigenvalue weighted by Gasteiger charge is 2.74. The second-order valence-electron chi connectivity index (χ2n) is 18.4. The van der Waals surface area contributed by atoms with Gasteiger partial charge in [-0.1, -0.05) is 86.7 Å². The van der Waals surface area contributed by atoms with E-state index in [9.17, 15) is 33.0 Å². The summed E-state index contributed by atoms with van der Waals surface area (Å²) in [5, 5.41) is 29.4. The van der Waals surface area contributed by atoms with Gasteiger partial charge in [-0.3, -0.25) is 4.79 Å². The molecule has 0 aliphatic heterocycles. The van der Waals surface area contributed by atoms with Gasteiger partial charge in [-0.2, -0.15) is 13.2 Å². The summed E-state index contributed by atoms with van der Waals surface area (Å²) >= 11 is 0. The lowest BCUT2D eigenvalue weighted by atomic mass is 9.32. The number of anilines is 1. The van der Waals surface area contributed by atoms with Crippen molar-refractivity contribution in [1.82, 2.24) is 4.90 Å². The summed E-state index contributed by atoms with van der Waals surface area (Å²) in [5.41, 5.74) is -2.93. The molecule has 2 spiro atoms. The normalized spacial score (nSPS) is 33.1. The number of urea groups is 1. The van der Waals surface area contributed by atoms with E-state index in [1.165, 1.54) is 12.1 Å². The van der Waals surface area contributed by atoms with Crippen LogP contribution in [0.25, 0.3) is 10.8 Å². The van der Waals surface area contributed by atoms with E-state index in [1.54, 1.807) is 36.3 Å². The Morgan fingerprint density at radius 1 is 0.864 bits per heavy atom. The summed E-state index contributed by atoms with van der Waals surface area (Å²) < 4.78 is 47.4. The number of hydrogen-bond donors (Lipinski definition) is 3. The summed E-state index contributed by atoms with van der Waals surface area (Å²) in [6, 6.07) is 25.4. The van der Waals surface area contributed by atoms with E-state index in [0.29, 0.717) is 55.5 Å². The number of ketones is 1. The van der Waals surface area contributed by atoms with Crippen LogP contribution in [0.1, 0.15) is 80.3 Å². The van der Waals surface area contributed by atoms with E-state index in [1.807, 2.05) is 48.5 Å². The Morgan fingerprint density at radius 3 is 2.32 bits per heavy atom. The Bertz CT molecular complexity index is 2390. The van der Waals surface area contributed by atoms with Crippen molar-refractivity contribution in [3.63, 3.8) is 0 Å². The molecule has 0 heterocycles. The van der Waals surface area contributed by atoms with Crippen LogP contribution in [0.5, 0.6) is 5.75 Å². The molecule has 8 atom stereocenters. The number of allylic oxidation sites excluding steroid dienone is 4. The van der Waals surface area contributed by atoms with Gasteiger partial charge in [-0.25, -0.2) is 4.79 Å². The van der Waals surface area contributed by atoms with Crippen LogP contribution in [0, 0.1) is 33.5 Å². The predicted octanol–water partition coefficient (Wildman–Crippen LogP) is 10.4. The summed E-state index contributed by atoms with van der Waals surface area (Å²) in [5.74, 6) is -0.0994. The van der Waals surface area contributed by atoms with Gasteiger partial charge in [-0.15, -0.1) is 0 Å². The van der Waals surface area contributed by atoms with Crippen LogP contribution >= 0.6 is 0 Å². The van der Waals surface area contributed by atoms with Gasteiger partial charge in [0, 0.05) is 39.6 Å². The molecule has 0 aromatic heterocycles. The van der Waals surface area contributed by atoms with Crippen LogP contribution in [-0.4, -0.2) is 52.3 Å². The molecule has 6 aliphatic rings. The van der Waals surface area contributed by atoms with Crippen molar-refractivity contribution in [1.29, 1.82) is 0 Å². The number of aliphatic hydroxyl groups is 2. The maximum absolute atomic E-state index is 15.0. The molecule has 4 aromatic carbocycles. The maximum Gasteiger partial charge on any atom is 0.416 e. The molecule has 0 radical (unpaired) electrons. The number of aliphatic hydroxyl groups excluding tert-OH is 1. The third kappa shape index (κ3) is 5.99. The molecular formula is C49H51F3N2O5. The van der Waals surface area contributed by atoms with Crippen molar-refractivity contribution in [2.75, 3.05) is 19.0 Å². The third-order valence-corrected chi connectivity index (χ3v) is 15.7. The fraction of sp³-hybridized carbons (Fsp3) is 0.429. The number of Topliss-reactive ketones (excluding diaryl/α,β-unsaturated/α-hetero) is 1. The molecule has 10 heteroatoms. The monoisotopic (exact) mass is 804 g/mol. The Balaban J connectivity index is 1.12. The summed E-state index contributed by atoms with van der Waals surface area (Å²) in [4.78, 5) is 31.1. The number of ether oxygens (including phenoxy) is 1. The van der Waals surface area contributed by atoms with Gasteiger partial charge in [0.2, 0.25) is 0 Å². The minimum Gasteiger partial charge on any atom is -0.497 e. The first kappa shape index (κ1) is 39.5. The first-order valence-electron chi connectivity index (χ1n) is 20.8. The molecule has 8 unspecified atom stereocenters. The SMILES string of the molecule is COc1ccc(NC(=O)N(Cc2cccc3ccccc23)CC2(O)CCC3C45C=CC6(C=C4C(=O)c4cccc(C(F)(F)F)c4)CC(O)CCC6(C)C5CCC32C)cc1. The van der Waals surface area contributed by atoms with E-state index in [0.717, 1.165) is 34.9 Å². The average molecular weight is 805 g/mol. The van der Waals surface area contributed by atoms with Crippen molar-refractivity contribution < 1.29 is 37.7 Å². The number of fused-ring (bicyclic) bond motifs is 2. The van der Waals surface area contributed by atoms with Crippen LogP contribution in [0.15, 0.2) is 115 Å². The number of alkyl halides is 3. The van der Waals surface area contributed by atoms with Crippen molar-refractivity contribution in [3.8, 4) is 5.75 Å². The fourth-order valence-electron chi connectivity index (χ4n) is 12.6. The molecule has 0 saturated heterocycles. The standard InChI is InChI=1S/C49H51F3N2O5/c1-44-21-18-36(55)27-46(44)24-25-48(39(28-46)42(56)32-10-7-12-34(26-32)49(50,51)52)40(44)19-22-45(2)41(48)20-23-47(45,58)30-54(43(57)53-35-14-16-37(59-3)17-15-35)29-33-11-6-9-31-8-4-5-13-38(31)33/h4-17,24-26,28,36,40-41,55,58H,18-23,27,29-30H2,1-3H3,(H,53,57). The second kappa shape index (κ2) is 13.8. The van der Waals surface area contributed by atoms with Gasteiger partial charge in [0.25, 0.3) is 0 Å². The molecule has 3 saturated carbocycles. The summed E-state index contributed by atoms with van der Waals surface area (Å²) in [6.07, 6.45) is 5.16. The summed E-state index contributed by atoms with van der Waals surface area (Å²) in [6.45, 7) is 4.60. The zero-order valence-corrected chi connectivity index (χ0v) is 33.7. The van der Waals surface area contributed by atoms with Crippen molar-refractivity contribution in [2.24, 2.45) is 33.5 Å². The largest absolute Gasteiger partial charge is 0.497 e. The maximum atomic E-state index is 15.0. The molecule has 2 amide bonds. The Kier molecular flexibility index (Phi) is 9.25. The molecule has 3 N–H and O–H groups in total. The van der Waals surface area contributed by atoms with Crippen molar-refractivity contribution in [2.45, 2.75) is 83.2 Å². The highest BCUT2D eigenvalue weighted by molar-refractivity contribution is 6.10. The van der Waals surface area contributed by atoms with Crippen LogP contribution in [0.2, 0.25) is 0 Å². The lowest BCUT2D eigenvalue weighted by molar-refractivity contribution is -0.174. The van der Waals surface area contributed by atoms with E-state index in [2.05, 4.69) is 31.3 Å². The second-order valence-corrected chi connectivity index (χ2v) is 18.4. The average Bonchev–Trinajstić information content (AvgIpc) is 3.50. The number of amides is 2. The van der Waals surface area contributed by atoms with Gasteiger partial charge >= 0.3 is 12.2 Å².